The van der Waals surface area contributed by atoms with E-state index in [2.05, 4.69) is 36.3 Å². The second kappa shape index (κ2) is 7.44. The number of rotatable bonds is 7. The minimum atomic E-state index is -0.0916. The highest BCUT2D eigenvalue weighted by atomic mass is 16.2. The van der Waals surface area contributed by atoms with Crippen molar-refractivity contribution in [3.8, 4) is 0 Å². The van der Waals surface area contributed by atoms with E-state index in [9.17, 15) is 9.59 Å². The van der Waals surface area contributed by atoms with Crippen molar-refractivity contribution in [3.05, 3.63) is 0 Å². The maximum Gasteiger partial charge on any atom is 0.239 e. The molecule has 1 unspecified atom stereocenters. The zero-order valence-corrected chi connectivity index (χ0v) is 14.3. The molecule has 2 rings (SSSR count). The van der Waals surface area contributed by atoms with E-state index in [1.165, 1.54) is 19.3 Å². The van der Waals surface area contributed by atoms with Crippen molar-refractivity contribution >= 4 is 11.8 Å². The van der Waals surface area contributed by atoms with Gasteiger partial charge in [0.05, 0.1) is 6.54 Å². The van der Waals surface area contributed by atoms with Crippen LogP contribution >= 0.6 is 0 Å². The highest BCUT2D eigenvalue weighted by molar-refractivity contribution is 5.86. The molecule has 2 amide bonds. The number of nitrogens with zero attached hydrogens (tertiary/aromatic N) is 1. The summed E-state index contributed by atoms with van der Waals surface area (Å²) in [7, 11) is 0. The van der Waals surface area contributed by atoms with E-state index in [0.29, 0.717) is 6.54 Å². The number of hydrogen-bond acceptors (Lipinski definition) is 3. The van der Waals surface area contributed by atoms with Gasteiger partial charge in [0.25, 0.3) is 0 Å². The van der Waals surface area contributed by atoms with Crippen LogP contribution in [0.2, 0.25) is 0 Å². The minimum absolute atomic E-state index is 0.0243. The van der Waals surface area contributed by atoms with Gasteiger partial charge in [-0.15, -0.1) is 0 Å². The molecule has 5 heteroatoms. The van der Waals surface area contributed by atoms with Crippen LogP contribution in [0.15, 0.2) is 0 Å². The van der Waals surface area contributed by atoms with E-state index in [1.807, 2.05) is 0 Å². The van der Waals surface area contributed by atoms with E-state index in [0.717, 1.165) is 31.8 Å². The summed E-state index contributed by atoms with van der Waals surface area (Å²) >= 11 is 0. The first kappa shape index (κ1) is 17.3. The molecule has 2 fully saturated rings. The van der Waals surface area contributed by atoms with Crippen molar-refractivity contribution in [1.82, 2.24) is 15.5 Å². The Bertz CT molecular complexity index is 405. The van der Waals surface area contributed by atoms with Crippen LogP contribution in [0.1, 0.15) is 52.9 Å². The fourth-order valence-corrected chi connectivity index (χ4v) is 3.09. The molecule has 1 aliphatic carbocycles. The first-order valence-corrected chi connectivity index (χ1v) is 8.72. The van der Waals surface area contributed by atoms with Crippen LogP contribution in [0.3, 0.4) is 0 Å². The van der Waals surface area contributed by atoms with Gasteiger partial charge in [-0.1, -0.05) is 13.3 Å². The number of amides is 2. The van der Waals surface area contributed by atoms with Gasteiger partial charge in [0.2, 0.25) is 11.8 Å². The maximum atomic E-state index is 11.9. The Morgan fingerprint density at radius 2 is 1.91 bits per heavy atom. The summed E-state index contributed by atoms with van der Waals surface area (Å²) in [5.74, 6) is 0.868. The Morgan fingerprint density at radius 1 is 1.18 bits per heavy atom. The lowest BCUT2D eigenvalue weighted by atomic mass is 9.91. The summed E-state index contributed by atoms with van der Waals surface area (Å²) in [5, 5.41) is 5.68. The van der Waals surface area contributed by atoms with Gasteiger partial charge in [-0.25, -0.2) is 0 Å². The van der Waals surface area contributed by atoms with Crippen molar-refractivity contribution in [2.75, 3.05) is 26.2 Å². The fourth-order valence-electron chi connectivity index (χ4n) is 3.09. The minimum Gasteiger partial charge on any atom is -0.353 e. The maximum absolute atomic E-state index is 11.9. The smallest absolute Gasteiger partial charge is 0.239 e. The van der Waals surface area contributed by atoms with Crippen LogP contribution < -0.4 is 10.6 Å². The van der Waals surface area contributed by atoms with Gasteiger partial charge >= 0.3 is 0 Å². The SMILES string of the molecule is CCC1CCCN(C(C)(C)CNC(=O)CNC(=O)C2CC2)C1. The molecule has 1 atom stereocenters. The molecule has 1 saturated heterocycles. The second-order valence-corrected chi connectivity index (χ2v) is 7.44. The second-order valence-electron chi connectivity index (χ2n) is 7.44. The summed E-state index contributed by atoms with van der Waals surface area (Å²) < 4.78 is 0. The summed E-state index contributed by atoms with van der Waals surface area (Å²) in [6.07, 6.45) is 5.73. The number of nitrogens with one attached hydrogen (secondary N) is 2. The van der Waals surface area contributed by atoms with Crippen molar-refractivity contribution in [1.29, 1.82) is 0 Å². The van der Waals surface area contributed by atoms with Crippen LogP contribution in [0.5, 0.6) is 0 Å². The third-order valence-electron chi connectivity index (χ3n) is 5.04. The Morgan fingerprint density at radius 3 is 2.55 bits per heavy atom. The molecule has 5 nitrogen and oxygen atoms in total. The third kappa shape index (κ3) is 4.97. The topological polar surface area (TPSA) is 61.4 Å². The molecular formula is C17H31N3O2. The Hall–Kier alpha value is -1.10. The highest BCUT2D eigenvalue weighted by Crippen LogP contribution is 2.28. The molecule has 2 N–H and O–H groups in total. The van der Waals surface area contributed by atoms with Crippen LogP contribution in [0, 0.1) is 11.8 Å². The van der Waals surface area contributed by atoms with Gasteiger partial charge in [-0.2, -0.15) is 0 Å². The monoisotopic (exact) mass is 309 g/mol. The first-order valence-electron chi connectivity index (χ1n) is 8.72. The van der Waals surface area contributed by atoms with Crippen LogP contribution in [-0.4, -0.2) is 48.4 Å². The number of likely N-dealkylation sites (tertiary alicyclic amines) is 1. The van der Waals surface area contributed by atoms with Gasteiger partial charge in [0, 0.05) is 24.5 Å². The van der Waals surface area contributed by atoms with Crippen LogP contribution in [0.25, 0.3) is 0 Å². The van der Waals surface area contributed by atoms with Crippen molar-refractivity contribution in [3.63, 3.8) is 0 Å². The first-order chi connectivity index (χ1) is 10.4. The zero-order chi connectivity index (χ0) is 16.2. The van der Waals surface area contributed by atoms with Crippen LogP contribution in [0.4, 0.5) is 0 Å². The molecule has 0 radical (unpaired) electrons. The lowest BCUT2D eigenvalue weighted by molar-refractivity contribution is -0.127. The van der Waals surface area contributed by atoms with Gasteiger partial charge < -0.3 is 10.6 Å². The molecule has 0 aromatic rings. The van der Waals surface area contributed by atoms with Gasteiger partial charge in [0.15, 0.2) is 0 Å². The van der Waals surface area contributed by atoms with E-state index in [-0.39, 0.29) is 29.8 Å². The largest absolute Gasteiger partial charge is 0.353 e. The predicted molar refractivity (Wildman–Crippen MR) is 87.4 cm³/mol. The van der Waals surface area contributed by atoms with Crippen LogP contribution in [-0.2, 0) is 9.59 Å². The zero-order valence-electron chi connectivity index (χ0n) is 14.3. The summed E-state index contributed by atoms with van der Waals surface area (Å²) in [6, 6.07) is 0. The number of carbonyl (C=O) groups excluding carboxylic acids is 2. The van der Waals surface area contributed by atoms with Gasteiger partial charge in [0.1, 0.15) is 0 Å². The van der Waals surface area contributed by atoms with Crippen molar-refractivity contribution < 1.29 is 9.59 Å². The Labute approximate surface area is 134 Å². The normalized spacial score (nSPS) is 23.1. The lowest BCUT2D eigenvalue weighted by Crippen LogP contribution is -2.55. The highest BCUT2D eigenvalue weighted by Gasteiger charge is 2.32. The number of carbonyl (C=O) groups is 2. The van der Waals surface area contributed by atoms with E-state index in [1.54, 1.807) is 0 Å². The molecule has 0 aromatic heterocycles. The molecule has 2 aliphatic rings. The molecule has 1 heterocycles. The summed E-state index contributed by atoms with van der Waals surface area (Å²) in [6.45, 7) is 9.59. The van der Waals surface area contributed by atoms with Gasteiger partial charge in [-0.05, 0) is 52.0 Å². The standard InChI is InChI=1S/C17H31N3O2/c1-4-13-6-5-9-20(11-13)17(2,3)12-19-15(21)10-18-16(22)14-7-8-14/h13-14H,4-12H2,1-3H3,(H,18,22)(H,19,21). The number of hydrogen-bond donors (Lipinski definition) is 2. The Balaban J connectivity index is 1.71. The van der Waals surface area contributed by atoms with E-state index < -0.39 is 0 Å². The van der Waals surface area contributed by atoms with Crippen molar-refractivity contribution in [2.24, 2.45) is 11.8 Å². The average Bonchev–Trinajstić information content (AvgIpc) is 3.35. The molecule has 0 bridgehead atoms. The molecule has 0 spiro atoms. The van der Waals surface area contributed by atoms with E-state index in [4.69, 9.17) is 0 Å². The summed E-state index contributed by atoms with van der Waals surface area (Å²) in [4.78, 5) is 25.9. The Kier molecular flexibility index (Phi) is 5.84. The molecule has 0 aromatic carbocycles. The molecule has 1 aliphatic heterocycles. The third-order valence-corrected chi connectivity index (χ3v) is 5.04. The average molecular weight is 309 g/mol. The van der Waals surface area contributed by atoms with Crippen molar-refractivity contribution in [2.45, 2.75) is 58.4 Å². The predicted octanol–water partition coefficient (Wildman–Crippen LogP) is 1.53. The van der Waals surface area contributed by atoms with E-state index >= 15 is 0 Å². The molecular weight excluding hydrogens is 278 g/mol. The number of piperidine rings is 1. The fraction of sp³-hybridized carbons (Fsp3) is 0.882. The summed E-state index contributed by atoms with van der Waals surface area (Å²) in [5.41, 5.74) is -0.0377. The molecule has 22 heavy (non-hydrogen) atoms. The molecule has 1 saturated carbocycles. The van der Waals surface area contributed by atoms with Gasteiger partial charge in [-0.3, -0.25) is 14.5 Å². The lowest BCUT2D eigenvalue weighted by Gasteiger charge is -2.43. The molecule has 126 valence electrons. The quantitative estimate of drug-likeness (QED) is 0.750.